The number of aliphatic carboxylic acids is 1. The molecule has 1 aromatic rings. The van der Waals surface area contributed by atoms with Crippen LogP contribution in [0.25, 0.3) is 0 Å². The predicted molar refractivity (Wildman–Crippen MR) is 68.4 cm³/mol. The van der Waals surface area contributed by atoms with Gasteiger partial charge in [0.05, 0.1) is 5.75 Å². The number of carbonyl (C=O) groups excluding carboxylic acids is 1. The first kappa shape index (κ1) is 15.5. The molecule has 0 bridgehead atoms. The first-order valence-electron chi connectivity index (χ1n) is 5.54. The van der Waals surface area contributed by atoms with Crippen LogP contribution in [0.5, 0.6) is 0 Å². The van der Waals surface area contributed by atoms with Crippen LogP contribution in [0.4, 0.5) is 4.39 Å². The number of amides is 1. The highest BCUT2D eigenvalue weighted by Crippen LogP contribution is 2.17. The molecule has 1 aromatic carbocycles. The van der Waals surface area contributed by atoms with Gasteiger partial charge in [0.1, 0.15) is 11.9 Å². The molecule has 0 saturated carbocycles. The molecule has 104 valence electrons. The lowest BCUT2D eigenvalue weighted by molar-refractivity contribution is -0.141. The zero-order valence-corrected chi connectivity index (χ0v) is 10.8. The molecule has 3 N–H and O–H groups in total. The highest BCUT2D eigenvalue weighted by molar-refractivity contribution is 8.00. The number of thioether (sulfide) groups is 1. The number of carbonyl (C=O) groups is 2. The summed E-state index contributed by atoms with van der Waals surface area (Å²) < 4.78 is 12.7. The van der Waals surface area contributed by atoms with Gasteiger partial charge in [-0.15, -0.1) is 11.8 Å². The number of aliphatic hydroxyl groups is 1. The largest absolute Gasteiger partial charge is 0.480 e. The van der Waals surface area contributed by atoms with Crippen LogP contribution in [0.3, 0.4) is 0 Å². The van der Waals surface area contributed by atoms with E-state index < -0.39 is 17.9 Å². The van der Waals surface area contributed by atoms with Crippen LogP contribution in [-0.2, 0) is 9.59 Å². The van der Waals surface area contributed by atoms with Gasteiger partial charge in [0.15, 0.2) is 0 Å². The topological polar surface area (TPSA) is 86.6 Å². The van der Waals surface area contributed by atoms with E-state index >= 15 is 0 Å². The van der Waals surface area contributed by atoms with E-state index in [0.29, 0.717) is 4.90 Å². The number of nitrogens with one attached hydrogen (secondary N) is 1. The summed E-state index contributed by atoms with van der Waals surface area (Å²) in [6, 6.07) is 4.55. The molecule has 5 nitrogen and oxygen atoms in total. The summed E-state index contributed by atoms with van der Waals surface area (Å²) in [6.45, 7) is -0.317. The van der Waals surface area contributed by atoms with Crippen molar-refractivity contribution in [2.75, 3.05) is 12.4 Å². The van der Waals surface area contributed by atoms with Crippen molar-refractivity contribution in [3.63, 3.8) is 0 Å². The second-order valence-corrected chi connectivity index (χ2v) is 4.76. The van der Waals surface area contributed by atoms with Crippen molar-refractivity contribution in [3.8, 4) is 0 Å². The van der Waals surface area contributed by atoms with Crippen molar-refractivity contribution in [2.24, 2.45) is 0 Å². The van der Waals surface area contributed by atoms with E-state index in [1.807, 2.05) is 0 Å². The molecular formula is C12H14FNO4S. The summed E-state index contributed by atoms with van der Waals surface area (Å²) in [4.78, 5) is 23.0. The Morgan fingerprint density at radius 2 is 1.95 bits per heavy atom. The first-order chi connectivity index (χ1) is 9.02. The van der Waals surface area contributed by atoms with Crippen molar-refractivity contribution in [3.05, 3.63) is 30.1 Å². The zero-order chi connectivity index (χ0) is 14.3. The fourth-order valence-electron chi connectivity index (χ4n) is 1.30. The first-order valence-corrected chi connectivity index (χ1v) is 6.53. The Morgan fingerprint density at radius 3 is 2.47 bits per heavy atom. The minimum atomic E-state index is -1.19. The van der Waals surface area contributed by atoms with Crippen molar-refractivity contribution in [1.29, 1.82) is 0 Å². The van der Waals surface area contributed by atoms with Crippen molar-refractivity contribution in [1.82, 2.24) is 5.32 Å². The van der Waals surface area contributed by atoms with Crippen LogP contribution in [0.15, 0.2) is 29.2 Å². The second-order valence-electron chi connectivity index (χ2n) is 3.71. The quantitative estimate of drug-likeness (QED) is 0.648. The van der Waals surface area contributed by atoms with E-state index in [1.54, 1.807) is 0 Å². The third kappa shape index (κ3) is 5.71. The third-order valence-corrected chi connectivity index (χ3v) is 3.25. The molecule has 0 aliphatic rings. The molecule has 0 fully saturated rings. The number of halogens is 1. The Bertz CT molecular complexity index is 438. The van der Waals surface area contributed by atoms with Crippen molar-refractivity contribution < 1.29 is 24.2 Å². The van der Waals surface area contributed by atoms with Crippen LogP contribution in [0.2, 0.25) is 0 Å². The molecule has 0 aromatic heterocycles. The average Bonchev–Trinajstić information content (AvgIpc) is 2.37. The van der Waals surface area contributed by atoms with E-state index in [2.05, 4.69) is 5.32 Å². The summed E-state index contributed by atoms with van der Waals surface area (Å²) in [6.07, 6.45) is -0.0394. The van der Waals surface area contributed by atoms with Crippen molar-refractivity contribution in [2.45, 2.75) is 17.4 Å². The van der Waals surface area contributed by atoms with E-state index in [0.717, 1.165) is 0 Å². The number of hydrogen-bond donors (Lipinski definition) is 3. The second kappa shape index (κ2) is 7.75. The van der Waals surface area contributed by atoms with Gasteiger partial charge in [0.25, 0.3) is 0 Å². The Balaban J connectivity index is 2.42. The van der Waals surface area contributed by atoms with Gasteiger partial charge >= 0.3 is 5.97 Å². The molecule has 0 heterocycles. The monoisotopic (exact) mass is 287 g/mol. The van der Waals surface area contributed by atoms with Gasteiger partial charge in [-0.2, -0.15) is 0 Å². The molecule has 1 atom stereocenters. The molecule has 1 rings (SSSR count). The van der Waals surface area contributed by atoms with Crippen LogP contribution >= 0.6 is 11.8 Å². The summed E-state index contributed by atoms with van der Waals surface area (Å²) in [5.41, 5.74) is 0. The van der Waals surface area contributed by atoms with Gasteiger partial charge in [-0.1, -0.05) is 0 Å². The molecule has 0 aliphatic carbocycles. The molecular weight excluding hydrogens is 273 g/mol. The molecule has 0 spiro atoms. The van der Waals surface area contributed by atoms with Gasteiger partial charge in [-0.3, -0.25) is 4.79 Å². The van der Waals surface area contributed by atoms with E-state index in [1.165, 1.54) is 36.0 Å². The van der Waals surface area contributed by atoms with E-state index in [4.69, 9.17) is 10.2 Å². The molecule has 0 radical (unpaired) electrons. The summed E-state index contributed by atoms with van der Waals surface area (Å²) in [5, 5.41) is 19.8. The maximum Gasteiger partial charge on any atom is 0.326 e. The van der Waals surface area contributed by atoms with Crippen molar-refractivity contribution >= 4 is 23.6 Å². The van der Waals surface area contributed by atoms with E-state index in [9.17, 15) is 14.0 Å². The minimum absolute atomic E-state index is 0.0286. The highest BCUT2D eigenvalue weighted by Gasteiger charge is 2.18. The van der Waals surface area contributed by atoms with E-state index in [-0.39, 0.29) is 24.6 Å². The maximum absolute atomic E-state index is 12.7. The lowest BCUT2D eigenvalue weighted by Gasteiger charge is -2.12. The van der Waals surface area contributed by atoms with Gasteiger partial charge in [0.2, 0.25) is 5.91 Å². The Hall–Kier alpha value is -1.60. The number of aliphatic hydroxyl groups excluding tert-OH is 1. The van der Waals surface area contributed by atoms with Gasteiger partial charge < -0.3 is 15.5 Å². The molecule has 19 heavy (non-hydrogen) atoms. The molecule has 0 unspecified atom stereocenters. The molecule has 1 amide bonds. The van der Waals surface area contributed by atoms with Gasteiger partial charge in [-0.25, -0.2) is 9.18 Å². The normalized spacial score (nSPS) is 11.9. The number of carboxylic acids is 1. The van der Waals surface area contributed by atoms with Crippen LogP contribution < -0.4 is 5.32 Å². The maximum atomic E-state index is 12.7. The highest BCUT2D eigenvalue weighted by atomic mass is 32.2. The number of carboxylic acid groups (broad SMARTS) is 1. The number of benzene rings is 1. The third-order valence-electron chi connectivity index (χ3n) is 2.23. The van der Waals surface area contributed by atoms with Gasteiger partial charge in [0, 0.05) is 17.9 Å². The fraction of sp³-hybridized carbons (Fsp3) is 0.333. The minimum Gasteiger partial charge on any atom is -0.480 e. The smallest absolute Gasteiger partial charge is 0.326 e. The predicted octanol–water partition coefficient (Wildman–Crippen LogP) is 0.870. The van der Waals surface area contributed by atoms with Crippen LogP contribution in [0, 0.1) is 5.82 Å². The van der Waals surface area contributed by atoms with Crippen LogP contribution in [0.1, 0.15) is 6.42 Å². The lowest BCUT2D eigenvalue weighted by Crippen LogP contribution is -2.42. The lowest BCUT2D eigenvalue weighted by atomic mass is 10.2. The Morgan fingerprint density at radius 1 is 1.32 bits per heavy atom. The van der Waals surface area contributed by atoms with Crippen LogP contribution in [-0.4, -0.2) is 40.5 Å². The number of hydrogen-bond acceptors (Lipinski definition) is 4. The fourth-order valence-corrected chi connectivity index (χ4v) is 2.01. The SMILES string of the molecule is O=C(CSc1ccc(F)cc1)N[C@H](CCO)C(=O)O. The Kier molecular flexibility index (Phi) is 6.31. The number of rotatable bonds is 7. The summed E-state index contributed by atoms with van der Waals surface area (Å²) in [7, 11) is 0. The average molecular weight is 287 g/mol. The zero-order valence-electron chi connectivity index (χ0n) is 10.0. The molecule has 7 heteroatoms. The molecule has 0 aliphatic heterocycles. The summed E-state index contributed by atoms with van der Waals surface area (Å²) >= 11 is 1.17. The van der Waals surface area contributed by atoms with Gasteiger partial charge in [-0.05, 0) is 24.3 Å². The Labute approximate surface area is 113 Å². The standard InChI is InChI=1S/C12H14FNO4S/c13-8-1-3-9(4-2-8)19-7-11(16)14-10(5-6-15)12(17)18/h1-4,10,15H,5-7H2,(H,14,16)(H,17,18)/t10-/m1/s1. The summed E-state index contributed by atoms with van der Waals surface area (Å²) in [5.74, 6) is -1.96. The molecule has 0 saturated heterocycles.